The molecular weight excluding hydrogens is 246 g/mol. The summed E-state index contributed by atoms with van der Waals surface area (Å²) in [6.45, 7) is 5.53. The van der Waals surface area contributed by atoms with Gasteiger partial charge in [-0.1, -0.05) is 11.6 Å². The van der Waals surface area contributed by atoms with Crippen molar-refractivity contribution in [2.45, 2.75) is 20.8 Å². The zero-order valence-corrected chi connectivity index (χ0v) is 11.7. The molecule has 0 unspecified atom stereocenters. The van der Waals surface area contributed by atoms with Gasteiger partial charge in [0.15, 0.2) is 10.8 Å². The first-order valence-corrected chi connectivity index (χ1v) is 6.48. The molecule has 4 heteroatoms. The first-order chi connectivity index (χ1) is 8.52. The summed E-state index contributed by atoms with van der Waals surface area (Å²) >= 11 is 1.43. The number of thiazole rings is 1. The second kappa shape index (κ2) is 4.90. The number of hydrogen-bond donors (Lipinski definition) is 0. The highest BCUT2D eigenvalue weighted by Crippen LogP contribution is 2.34. The Morgan fingerprint density at radius 1 is 1.33 bits per heavy atom. The number of carbonyl (C=O) groups excluding carboxylic acids is 1. The van der Waals surface area contributed by atoms with Crippen LogP contribution in [0, 0.1) is 13.8 Å². The van der Waals surface area contributed by atoms with Crippen LogP contribution < -0.4 is 4.74 Å². The van der Waals surface area contributed by atoms with Gasteiger partial charge in [0.1, 0.15) is 5.75 Å². The SMILES string of the molecule is COc1ccc(C)cc1-c1nc(C(C)=O)sc1C. The number of hydrogen-bond acceptors (Lipinski definition) is 4. The molecule has 0 saturated heterocycles. The number of methoxy groups -OCH3 is 1. The van der Waals surface area contributed by atoms with Crippen LogP contribution in [0.1, 0.15) is 27.2 Å². The normalized spacial score (nSPS) is 10.4. The van der Waals surface area contributed by atoms with E-state index in [0.29, 0.717) is 5.01 Å². The van der Waals surface area contributed by atoms with E-state index in [2.05, 4.69) is 4.98 Å². The summed E-state index contributed by atoms with van der Waals surface area (Å²) in [7, 11) is 1.64. The van der Waals surface area contributed by atoms with E-state index in [-0.39, 0.29) is 5.78 Å². The second-order valence-corrected chi connectivity index (χ2v) is 5.39. The van der Waals surface area contributed by atoms with Gasteiger partial charge in [0.05, 0.1) is 12.8 Å². The fraction of sp³-hybridized carbons (Fsp3) is 0.286. The van der Waals surface area contributed by atoms with Crippen LogP contribution in [-0.4, -0.2) is 17.9 Å². The Kier molecular flexibility index (Phi) is 3.48. The topological polar surface area (TPSA) is 39.2 Å². The monoisotopic (exact) mass is 261 g/mol. The highest BCUT2D eigenvalue weighted by atomic mass is 32.1. The van der Waals surface area contributed by atoms with Crippen molar-refractivity contribution >= 4 is 17.1 Å². The van der Waals surface area contributed by atoms with Crippen LogP contribution in [-0.2, 0) is 0 Å². The first kappa shape index (κ1) is 12.8. The van der Waals surface area contributed by atoms with Crippen molar-refractivity contribution in [1.82, 2.24) is 4.98 Å². The molecule has 0 saturated carbocycles. The summed E-state index contributed by atoms with van der Waals surface area (Å²) in [4.78, 5) is 16.8. The highest BCUT2D eigenvalue weighted by Gasteiger charge is 2.16. The quantitative estimate of drug-likeness (QED) is 0.792. The molecule has 1 aromatic carbocycles. The van der Waals surface area contributed by atoms with Crippen LogP contribution in [0.25, 0.3) is 11.3 Å². The van der Waals surface area contributed by atoms with Crippen molar-refractivity contribution in [3.8, 4) is 17.0 Å². The van der Waals surface area contributed by atoms with E-state index in [4.69, 9.17) is 4.74 Å². The Bertz CT molecular complexity index is 602. The van der Waals surface area contributed by atoms with Crippen molar-refractivity contribution in [1.29, 1.82) is 0 Å². The van der Waals surface area contributed by atoms with Crippen LogP contribution in [0.5, 0.6) is 5.75 Å². The van der Waals surface area contributed by atoms with Gasteiger partial charge in [-0.2, -0.15) is 0 Å². The zero-order valence-electron chi connectivity index (χ0n) is 10.9. The molecule has 2 aromatic rings. The van der Waals surface area contributed by atoms with Crippen molar-refractivity contribution < 1.29 is 9.53 Å². The van der Waals surface area contributed by atoms with Gasteiger partial charge in [-0.15, -0.1) is 11.3 Å². The molecule has 0 bridgehead atoms. The second-order valence-electron chi connectivity index (χ2n) is 4.18. The molecule has 0 spiro atoms. The summed E-state index contributed by atoms with van der Waals surface area (Å²) in [5.41, 5.74) is 2.92. The number of benzene rings is 1. The van der Waals surface area contributed by atoms with Gasteiger partial charge in [-0.25, -0.2) is 4.98 Å². The van der Waals surface area contributed by atoms with Crippen molar-refractivity contribution in [3.63, 3.8) is 0 Å². The van der Waals surface area contributed by atoms with E-state index >= 15 is 0 Å². The van der Waals surface area contributed by atoms with E-state index in [1.807, 2.05) is 32.0 Å². The number of Topliss-reactive ketones (excluding diaryl/α,β-unsaturated/α-hetero) is 1. The summed E-state index contributed by atoms with van der Waals surface area (Å²) in [6, 6.07) is 5.96. The van der Waals surface area contributed by atoms with Crippen LogP contribution in [0.15, 0.2) is 18.2 Å². The minimum Gasteiger partial charge on any atom is -0.496 e. The molecular formula is C14H15NO2S. The minimum absolute atomic E-state index is 0.000898. The van der Waals surface area contributed by atoms with Gasteiger partial charge in [-0.3, -0.25) is 4.79 Å². The summed E-state index contributed by atoms with van der Waals surface area (Å²) < 4.78 is 5.36. The predicted molar refractivity (Wildman–Crippen MR) is 73.6 cm³/mol. The van der Waals surface area contributed by atoms with Crippen molar-refractivity contribution in [3.05, 3.63) is 33.6 Å². The molecule has 3 nitrogen and oxygen atoms in total. The van der Waals surface area contributed by atoms with Gasteiger partial charge in [0.2, 0.25) is 0 Å². The number of ketones is 1. The maximum Gasteiger partial charge on any atom is 0.188 e. The van der Waals surface area contributed by atoms with Crippen LogP contribution in [0.4, 0.5) is 0 Å². The van der Waals surface area contributed by atoms with Gasteiger partial charge < -0.3 is 4.74 Å². The zero-order chi connectivity index (χ0) is 13.3. The average Bonchev–Trinajstić information content (AvgIpc) is 2.71. The number of rotatable bonds is 3. The number of aryl methyl sites for hydroxylation is 2. The molecule has 2 rings (SSSR count). The lowest BCUT2D eigenvalue weighted by Gasteiger charge is -2.08. The molecule has 0 atom stereocenters. The maximum absolute atomic E-state index is 11.4. The molecule has 0 amide bonds. The summed E-state index contributed by atoms with van der Waals surface area (Å²) in [5.74, 6) is 0.782. The molecule has 94 valence electrons. The van der Waals surface area contributed by atoms with Gasteiger partial charge in [-0.05, 0) is 26.0 Å². The molecule has 0 aliphatic carbocycles. The summed E-state index contributed by atoms with van der Waals surface area (Å²) in [5, 5.41) is 0.547. The fourth-order valence-electron chi connectivity index (χ4n) is 1.80. The molecule has 1 heterocycles. The van der Waals surface area contributed by atoms with E-state index in [9.17, 15) is 4.79 Å². The predicted octanol–water partition coefficient (Wildman–Crippen LogP) is 3.64. The number of nitrogens with zero attached hydrogens (tertiary/aromatic N) is 1. The van der Waals surface area contributed by atoms with Crippen molar-refractivity contribution in [2.24, 2.45) is 0 Å². The standard InChI is InChI=1S/C14H15NO2S/c1-8-5-6-12(17-4)11(7-8)13-10(3)18-14(15-13)9(2)16/h5-7H,1-4H3. The van der Waals surface area contributed by atoms with Gasteiger partial charge >= 0.3 is 0 Å². The lowest BCUT2D eigenvalue weighted by atomic mass is 10.1. The molecule has 0 N–H and O–H groups in total. The molecule has 0 radical (unpaired) electrons. The molecule has 1 aromatic heterocycles. The lowest BCUT2D eigenvalue weighted by molar-refractivity contribution is 0.101. The van der Waals surface area contributed by atoms with E-state index in [0.717, 1.165) is 27.4 Å². The number of aromatic nitrogens is 1. The molecule has 18 heavy (non-hydrogen) atoms. The Hall–Kier alpha value is -1.68. The van der Waals surface area contributed by atoms with E-state index in [1.165, 1.54) is 18.3 Å². The van der Waals surface area contributed by atoms with E-state index < -0.39 is 0 Å². The highest BCUT2D eigenvalue weighted by molar-refractivity contribution is 7.14. The van der Waals surface area contributed by atoms with Crippen LogP contribution >= 0.6 is 11.3 Å². The smallest absolute Gasteiger partial charge is 0.188 e. The Morgan fingerprint density at radius 2 is 2.06 bits per heavy atom. The Labute approximate surface area is 110 Å². The van der Waals surface area contributed by atoms with Gasteiger partial charge in [0, 0.05) is 17.4 Å². The van der Waals surface area contributed by atoms with Crippen LogP contribution in [0.3, 0.4) is 0 Å². The molecule has 0 aliphatic heterocycles. The number of carbonyl (C=O) groups is 1. The largest absolute Gasteiger partial charge is 0.496 e. The maximum atomic E-state index is 11.4. The third kappa shape index (κ3) is 2.29. The Balaban J connectivity index is 2.60. The Morgan fingerprint density at radius 3 is 2.61 bits per heavy atom. The first-order valence-electron chi connectivity index (χ1n) is 5.66. The van der Waals surface area contributed by atoms with Crippen molar-refractivity contribution in [2.75, 3.05) is 7.11 Å². The third-order valence-corrected chi connectivity index (χ3v) is 3.78. The van der Waals surface area contributed by atoms with Gasteiger partial charge in [0.25, 0.3) is 0 Å². The van der Waals surface area contributed by atoms with Crippen LogP contribution in [0.2, 0.25) is 0 Å². The average molecular weight is 261 g/mol. The number of ether oxygens (including phenoxy) is 1. The minimum atomic E-state index is 0.000898. The lowest BCUT2D eigenvalue weighted by Crippen LogP contribution is -1.92. The fourth-order valence-corrected chi connectivity index (χ4v) is 2.63. The molecule has 0 aliphatic rings. The third-order valence-electron chi connectivity index (χ3n) is 2.71. The summed E-state index contributed by atoms with van der Waals surface area (Å²) in [6.07, 6.45) is 0. The van der Waals surface area contributed by atoms with E-state index in [1.54, 1.807) is 7.11 Å². The molecule has 0 fully saturated rings.